The van der Waals surface area contributed by atoms with Crippen molar-refractivity contribution in [3.63, 3.8) is 0 Å². The summed E-state index contributed by atoms with van der Waals surface area (Å²) in [5, 5.41) is 6.03. The van der Waals surface area contributed by atoms with Gasteiger partial charge in [0.1, 0.15) is 12.4 Å². The van der Waals surface area contributed by atoms with E-state index in [9.17, 15) is 14.4 Å². The van der Waals surface area contributed by atoms with Crippen LogP contribution in [0.5, 0.6) is 5.75 Å². The summed E-state index contributed by atoms with van der Waals surface area (Å²) in [5.41, 5.74) is 2.07. The third kappa shape index (κ3) is 7.29. The average molecular weight is 508 g/mol. The quantitative estimate of drug-likeness (QED) is 0.647. The number of likely N-dealkylation sites (N-methyl/N-ethyl adjacent to an activating group) is 1. The second-order valence-corrected chi connectivity index (χ2v) is 11.2. The molecule has 2 aliphatic rings. The van der Waals surface area contributed by atoms with Crippen molar-refractivity contribution >= 4 is 17.7 Å². The Morgan fingerprint density at radius 2 is 1.95 bits per heavy atom. The molecule has 0 unspecified atom stereocenters. The normalized spacial score (nSPS) is 21.5. The van der Waals surface area contributed by atoms with Gasteiger partial charge in [-0.3, -0.25) is 24.3 Å². The lowest BCUT2D eigenvalue weighted by molar-refractivity contribution is -0.133. The Kier molecular flexibility index (Phi) is 8.12. The van der Waals surface area contributed by atoms with E-state index in [4.69, 9.17) is 4.74 Å². The lowest BCUT2D eigenvalue weighted by Crippen LogP contribution is -2.46. The number of rotatable bonds is 2. The molecule has 9 nitrogen and oxygen atoms in total. The molecule has 1 aromatic carbocycles. The van der Waals surface area contributed by atoms with Crippen LogP contribution in [-0.4, -0.2) is 84.4 Å². The van der Waals surface area contributed by atoms with Gasteiger partial charge in [-0.25, -0.2) is 0 Å². The van der Waals surface area contributed by atoms with Crippen LogP contribution in [0.2, 0.25) is 0 Å². The molecule has 2 aliphatic heterocycles. The van der Waals surface area contributed by atoms with Crippen LogP contribution in [0.4, 0.5) is 0 Å². The number of ether oxygens (including phenoxy) is 1. The molecule has 0 spiro atoms. The van der Waals surface area contributed by atoms with Gasteiger partial charge in [0, 0.05) is 50.1 Å². The van der Waals surface area contributed by atoms with Crippen molar-refractivity contribution in [3.05, 3.63) is 48.3 Å². The number of fused-ring (bicyclic) bond motifs is 6. The minimum atomic E-state index is -0.209. The Balaban J connectivity index is 1.55. The minimum Gasteiger partial charge on any atom is -0.491 e. The number of pyridine rings is 1. The van der Waals surface area contributed by atoms with Gasteiger partial charge in [-0.15, -0.1) is 0 Å². The van der Waals surface area contributed by atoms with Gasteiger partial charge in [0.2, 0.25) is 11.8 Å². The number of carbonyl (C=O) groups is 3. The van der Waals surface area contributed by atoms with E-state index in [0.29, 0.717) is 50.4 Å². The first-order chi connectivity index (χ1) is 17.6. The third-order valence-corrected chi connectivity index (χ3v) is 6.59. The van der Waals surface area contributed by atoms with E-state index >= 15 is 0 Å². The summed E-state index contributed by atoms with van der Waals surface area (Å²) in [6.45, 7) is 8.00. The molecule has 2 aromatic rings. The molecule has 0 aliphatic carbocycles. The van der Waals surface area contributed by atoms with Crippen molar-refractivity contribution in [2.24, 2.45) is 5.41 Å². The number of benzene rings is 1. The second kappa shape index (κ2) is 11.3. The zero-order valence-corrected chi connectivity index (χ0v) is 22.1. The van der Waals surface area contributed by atoms with Crippen molar-refractivity contribution in [3.8, 4) is 16.9 Å². The van der Waals surface area contributed by atoms with Crippen LogP contribution in [0.3, 0.4) is 0 Å². The number of aromatic nitrogens is 1. The fourth-order valence-electron chi connectivity index (χ4n) is 4.79. The van der Waals surface area contributed by atoms with E-state index in [2.05, 4.69) is 15.6 Å². The van der Waals surface area contributed by atoms with Crippen molar-refractivity contribution in [2.45, 2.75) is 45.7 Å². The molecule has 2 atom stereocenters. The van der Waals surface area contributed by atoms with Crippen LogP contribution < -0.4 is 15.4 Å². The topological polar surface area (TPSA) is 104 Å². The number of carbonyl (C=O) groups excluding carboxylic acids is 3. The Labute approximate surface area is 218 Å². The predicted molar refractivity (Wildman–Crippen MR) is 141 cm³/mol. The molecule has 0 saturated carbocycles. The number of hydrogen-bond donors (Lipinski definition) is 2. The van der Waals surface area contributed by atoms with Gasteiger partial charge in [0.05, 0.1) is 18.2 Å². The number of hydrogen-bond acceptors (Lipinski definition) is 6. The maximum absolute atomic E-state index is 13.3. The lowest BCUT2D eigenvalue weighted by Gasteiger charge is -2.27. The molecule has 3 heterocycles. The number of amides is 3. The third-order valence-electron chi connectivity index (χ3n) is 6.59. The summed E-state index contributed by atoms with van der Waals surface area (Å²) >= 11 is 0. The van der Waals surface area contributed by atoms with Gasteiger partial charge < -0.3 is 20.3 Å². The number of nitrogens with zero attached hydrogens (tertiary/aromatic N) is 3. The zero-order chi connectivity index (χ0) is 26.6. The molecule has 198 valence electrons. The summed E-state index contributed by atoms with van der Waals surface area (Å²) in [5.74, 6) is 0.432. The molecular weight excluding hydrogens is 470 g/mol. The van der Waals surface area contributed by atoms with E-state index in [1.165, 1.54) is 0 Å². The first-order valence-electron chi connectivity index (χ1n) is 12.8. The summed E-state index contributed by atoms with van der Waals surface area (Å²) < 4.78 is 6.17. The van der Waals surface area contributed by atoms with Crippen molar-refractivity contribution in [1.29, 1.82) is 0 Å². The van der Waals surface area contributed by atoms with Crippen LogP contribution in [0.25, 0.3) is 11.1 Å². The van der Waals surface area contributed by atoms with Crippen LogP contribution in [0, 0.1) is 5.41 Å². The van der Waals surface area contributed by atoms with Crippen molar-refractivity contribution in [1.82, 2.24) is 25.4 Å². The molecule has 4 rings (SSSR count). The van der Waals surface area contributed by atoms with Gasteiger partial charge in [0.15, 0.2) is 0 Å². The van der Waals surface area contributed by atoms with E-state index in [-0.39, 0.29) is 41.8 Å². The summed E-state index contributed by atoms with van der Waals surface area (Å²) in [6, 6.07) is 9.16. The first kappa shape index (κ1) is 26.6. The van der Waals surface area contributed by atoms with Crippen molar-refractivity contribution in [2.75, 3.05) is 39.8 Å². The Bertz CT molecular complexity index is 1150. The van der Waals surface area contributed by atoms with E-state index in [1.54, 1.807) is 12.4 Å². The summed E-state index contributed by atoms with van der Waals surface area (Å²) in [6.07, 6.45) is 4.33. The smallest absolute Gasteiger partial charge is 0.252 e. The highest BCUT2D eigenvalue weighted by Crippen LogP contribution is 2.26. The maximum Gasteiger partial charge on any atom is 0.252 e. The predicted octanol–water partition coefficient (Wildman–Crippen LogP) is 2.32. The van der Waals surface area contributed by atoms with Gasteiger partial charge >= 0.3 is 0 Å². The standard InChI is InChI=1S/C28H37N5O4/c1-28(2,3)13-25(34)31-22-12-23-18-37-24-7-5-6-19(11-24)20-10-21(15-29-14-20)27(36)30-8-9-32(4)17-26(35)33(23)16-22/h5-7,10-11,14-15,22-23H,8-9,12-13,16-18H2,1-4H3,(H,30,36)(H,31,34)/t22-,23+/m1/s1. The molecule has 1 aromatic heterocycles. The highest BCUT2D eigenvalue weighted by Gasteiger charge is 2.37. The van der Waals surface area contributed by atoms with Crippen LogP contribution in [0.1, 0.15) is 44.0 Å². The van der Waals surface area contributed by atoms with E-state index < -0.39 is 0 Å². The monoisotopic (exact) mass is 507 g/mol. The summed E-state index contributed by atoms with van der Waals surface area (Å²) in [4.78, 5) is 46.5. The Hall–Kier alpha value is -3.46. The molecule has 4 bridgehead atoms. The van der Waals surface area contributed by atoms with Gasteiger partial charge in [0.25, 0.3) is 5.91 Å². The second-order valence-electron chi connectivity index (χ2n) is 11.2. The van der Waals surface area contributed by atoms with Gasteiger partial charge in [-0.05, 0) is 42.6 Å². The molecule has 2 N–H and O–H groups in total. The van der Waals surface area contributed by atoms with E-state index in [1.807, 2.05) is 68.0 Å². The highest BCUT2D eigenvalue weighted by molar-refractivity contribution is 5.95. The fraction of sp³-hybridized carbons (Fsp3) is 0.500. The van der Waals surface area contributed by atoms with Gasteiger partial charge in [-0.2, -0.15) is 0 Å². The zero-order valence-electron chi connectivity index (χ0n) is 22.1. The molecule has 37 heavy (non-hydrogen) atoms. The Morgan fingerprint density at radius 1 is 1.16 bits per heavy atom. The molecule has 1 saturated heterocycles. The lowest BCUT2D eigenvalue weighted by atomic mass is 9.92. The number of nitrogens with one attached hydrogen (secondary N) is 2. The van der Waals surface area contributed by atoms with Crippen LogP contribution in [-0.2, 0) is 9.59 Å². The van der Waals surface area contributed by atoms with Crippen molar-refractivity contribution < 1.29 is 19.1 Å². The SMILES string of the molecule is CN1CCNC(=O)c2cncc(c2)-c2cccc(c2)OC[C@@H]2C[C@@H](NC(=O)CC(C)(C)C)CN2C(=O)C1. The largest absolute Gasteiger partial charge is 0.491 e. The maximum atomic E-state index is 13.3. The first-order valence-corrected chi connectivity index (χ1v) is 12.8. The average Bonchev–Trinajstić information content (AvgIpc) is 3.23. The molecular formula is C28H37N5O4. The molecule has 0 radical (unpaired) electrons. The molecule has 1 fully saturated rings. The minimum absolute atomic E-state index is 0.00248. The summed E-state index contributed by atoms with van der Waals surface area (Å²) in [7, 11) is 1.86. The highest BCUT2D eigenvalue weighted by atomic mass is 16.5. The molecule has 3 amide bonds. The van der Waals surface area contributed by atoms with Crippen LogP contribution in [0.15, 0.2) is 42.7 Å². The van der Waals surface area contributed by atoms with Gasteiger partial charge in [-0.1, -0.05) is 32.9 Å². The van der Waals surface area contributed by atoms with Crippen LogP contribution >= 0.6 is 0 Å². The molecule has 9 heteroatoms. The van der Waals surface area contributed by atoms with E-state index in [0.717, 1.165) is 11.1 Å². The fourth-order valence-corrected chi connectivity index (χ4v) is 4.79. The Morgan fingerprint density at radius 3 is 2.73 bits per heavy atom.